The zero-order valence-electron chi connectivity index (χ0n) is 7.40. The van der Waals surface area contributed by atoms with E-state index in [0.717, 1.165) is 43.5 Å². The van der Waals surface area contributed by atoms with Gasteiger partial charge in [-0.1, -0.05) is 0 Å². The summed E-state index contributed by atoms with van der Waals surface area (Å²) in [7, 11) is 0. The lowest BCUT2D eigenvalue weighted by Gasteiger charge is -2.25. The van der Waals surface area contributed by atoms with Crippen LogP contribution in [-0.4, -0.2) is 36.2 Å². The lowest BCUT2D eigenvalue weighted by atomic mass is 10.3. The molecule has 1 fully saturated rings. The second-order valence-corrected chi connectivity index (χ2v) is 3.94. The van der Waals surface area contributed by atoms with Crippen LogP contribution in [0.3, 0.4) is 0 Å². The molecule has 4 nitrogen and oxygen atoms in total. The van der Waals surface area contributed by atoms with Gasteiger partial charge in [-0.05, 0) is 0 Å². The van der Waals surface area contributed by atoms with Crippen LogP contribution < -0.4 is 5.73 Å². The van der Waals surface area contributed by atoms with Crippen molar-refractivity contribution < 1.29 is 4.74 Å². The van der Waals surface area contributed by atoms with Gasteiger partial charge < -0.3 is 10.5 Å². The van der Waals surface area contributed by atoms with Crippen molar-refractivity contribution >= 4 is 16.3 Å². The first-order chi connectivity index (χ1) is 6.36. The van der Waals surface area contributed by atoms with Crippen LogP contribution in [0.1, 0.15) is 5.69 Å². The molecule has 0 bridgehead atoms. The lowest BCUT2D eigenvalue weighted by molar-refractivity contribution is 0.0338. The minimum Gasteiger partial charge on any atom is -0.389 e. The van der Waals surface area contributed by atoms with Crippen molar-refractivity contribution in [1.82, 2.24) is 9.88 Å². The first kappa shape index (κ1) is 8.93. The van der Waals surface area contributed by atoms with Crippen molar-refractivity contribution in [1.29, 1.82) is 0 Å². The summed E-state index contributed by atoms with van der Waals surface area (Å²) in [5.41, 5.74) is 8.56. The van der Waals surface area contributed by atoms with Crippen molar-refractivity contribution in [2.75, 3.05) is 32.0 Å². The van der Waals surface area contributed by atoms with Gasteiger partial charge in [-0.25, -0.2) is 4.98 Å². The Morgan fingerprint density at radius 1 is 1.54 bits per heavy atom. The molecule has 1 saturated heterocycles. The highest BCUT2D eigenvalue weighted by atomic mass is 32.1. The van der Waals surface area contributed by atoms with Crippen LogP contribution >= 0.6 is 11.3 Å². The van der Waals surface area contributed by atoms with Crippen LogP contribution in [0.25, 0.3) is 0 Å². The van der Waals surface area contributed by atoms with Crippen LogP contribution in [0.4, 0.5) is 5.00 Å². The van der Waals surface area contributed by atoms with Crippen molar-refractivity contribution in [3.05, 3.63) is 11.2 Å². The normalized spacial score (nSPS) is 19.1. The van der Waals surface area contributed by atoms with E-state index in [4.69, 9.17) is 10.5 Å². The summed E-state index contributed by atoms with van der Waals surface area (Å²) in [6, 6.07) is 0. The van der Waals surface area contributed by atoms with Gasteiger partial charge in [-0.3, -0.25) is 4.90 Å². The van der Waals surface area contributed by atoms with Gasteiger partial charge >= 0.3 is 0 Å². The maximum absolute atomic E-state index is 5.76. The molecular weight excluding hydrogens is 186 g/mol. The molecule has 0 radical (unpaired) electrons. The van der Waals surface area contributed by atoms with Crippen molar-refractivity contribution in [2.24, 2.45) is 0 Å². The zero-order chi connectivity index (χ0) is 9.10. The molecule has 0 spiro atoms. The van der Waals surface area contributed by atoms with Crippen molar-refractivity contribution in [3.63, 3.8) is 0 Å². The Kier molecular flexibility index (Phi) is 2.77. The highest BCUT2D eigenvalue weighted by Gasteiger charge is 2.13. The predicted molar refractivity (Wildman–Crippen MR) is 52.6 cm³/mol. The molecule has 1 aliphatic rings. The van der Waals surface area contributed by atoms with E-state index in [2.05, 4.69) is 9.88 Å². The van der Waals surface area contributed by atoms with E-state index in [9.17, 15) is 0 Å². The van der Waals surface area contributed by atoms with E-state index in [1.807, 2.05) is 0 Å². The number of aromatic nitrogens is 1. The van der Waals surface area contributed by atoms with Crippen LogP contribution in [-0.2, 0) is 11.3 Å². The van der Waals surface area contributed by atoms with Crippen molar-refractivity contribution in [3.8, 4) is 0 Å². The second-order valence-electron chi connectivity index (χ2n) is 3.05. The van der Waals surface area contributed by atoms with Crippen LogP contribution in [0.5, 0.6) is 0 Å². The molecule has 2 heterocycles. The number of ether oxygens (including phenoxy) is 1. The summed E-state index contributed by atoms with van der Waals surface area (Å²) < 4.78 is 5.26. The maximum Gasteiger partial charge on any atom is 0.110 e. The van der Waals surface area contributed by atoms with Crippen LogP contribution in [0.2, 0.25) is 0 Å². The number of thiazole rings is 1. The number of nitrogen functional groups attached to an aromatic ring is 1. The number of hydrogen-bond acceptors (Lipinski definition) is 5. The van der Waals surface area contributed by atoms with Gasteiger partial charge in [-0.2, -0.15) is 0 Å². The maximum atomic E-state index is 5.76. The van der Waals surface area contributed by atoms with E-state index in [0.29, 0.717) is 0 Å². The molecule has 5 heteroatoms. The highest BCUT2D eigenvalue weighted by molar-refractivity contribution is 7.13. The van der Waals surface area contributed by atoms with Gasteiger partial charge in [0.1, 0.15) is 5.00 Å². The smallest absolute Gasteiger partial charge is 0.110 e. The number of rotatable bonds is 2. The standard InChI is InChI=1S/C8H13N3OS/c9-8-7(10-6-13-8)5-11-1-3-12-4-2-11/h6H,1-5,9H2. The molecular formula is C8H13N3OS. The zero-order valence-corrected chi connectivity index (χ0v) is 8.22. The Bertz CT molecular complexity index is 270. The summed E-state index contributed by atoms with van der Waals surface area (Å²) >= 11 is 1.50. The Labute approximate surface area is 81.3 Å². The second kappa shape index (κ2) is 4.04. The highest BCUT2D eigenvalue weighted by Crippen LogP contribution is 2.17. The summed E-state index contributed by atoms with van der Waals surface area (Å²) in [4.78, 5) is 6.54. The number of nitrogens with two attached hydrogens (primary N) is 1. The average molecular weight is 199 g/mol. The van der Waals surface area contributed by atoms with Gasteiger partial charge in [0, 0.05) is 19.6 Å². The van der Waals surface area contributed by atoms with Gasteiger partial charge in [-0.15, -0.1) is 11.3 Å². The molecule has 0 atom stereocenters. The molecule has 1 aromatic heterocycles. The Hall–Kier alpha value is -0.650. The monoisotopic (exact) mass is 199 g/mol. The fraction of sp³-hybridized carbons (Fsp3) is 0.625. The SMILES string of the molecule is Nc1scnc1CN1CCOCC1. The van der Waals surface area contributed by atoms with Gasteiger partial charge in [0.25, 0.3) is 0 Å². The quantitative estimate of drug-likeness (QED) is 0.756. The Morgan fingerprint density at radius 2 is 2.31 bits per heavy atom. The van der Waals surface area contributed by atoms with E-state index in [-0.39, 0.29) is 0 Å². The first-order valence-electron chi connectivity index (χ1n) is 4.34. The van der Waals surface area contributed by atoms with Gasteiger partial charge in [0.15, 0.2) is 0 Å². The summed E-state index contributed by atoms with van der Waals surface area (Å²) in [6.07, 6.45) is 0. The largest absolute Gasteiger partial charge is 0.389 e. The molecule has 1 aromatic rings. The van der Waals surface area contributed by atoms with Crippen LogP contribution in [0, 0.1) is 0 Å². The number of hydrogen-bond donors (Lipinski definition) is 1. The van der Waals surface area contributed by atoms with E-state index in [1.54, 1.807) is 5.51 Å². The predicted octanol–water partition coefficient (Wildman–Crippen LogP) is 0.557. The minimum absolute atomic E-state index is 0.823. The summed E-state index contributed by atoms with van der Waals surface area (Å²) in [6.45, 7) is 4.47. The molecule has 0 unspecified atom stereocenters. The molecule has 2 rings (SSSR count). The molecule has 0 amide bonds. The first-order valence-corrected chi connectivity index (χ1v) is 5.22. The van der Waals surface area contributed by atoms with Gasteiger partial charge in [0.2, 0.25) is 0 Å². The Balaban J connectivity index is 1.93. The number of morpholine rings is 1. The van der Waals surface area contributed by atoms with E-state index >= 15 is 0 Å². The van der Waals surface area contributed by atoms with Gasteiger partial charge in [0.05, 0.1) is 24.4 Å². The third-order valence-corrected chi connectivity index (χ3v) is 2.85. The third kappa shape index (κ3) is 2.18. The Morgan fingerprint density at radius 3 is 2.92 bits per heavy atom. The molecule has 72 valence electrons. The van der Waals surface area contributed by atoms with E-state index < -0.39 is 0 Å². The fourth-order valence-corrected chi connectivity index (χ4v) is 1.92. The minimum atomic E-state index is 0.823. The topological polar surface area (TPSA) is 51.4 Å². The molecule has 0 aromatic carbocycles. The summed E-state index contributed by atoms with van der Waals surface area (Å²) in [5, 5.41) is 0.839. The molecule has 13 heavy (non-hydrogen) atoms. The fourth-order valence-electron chi connectivity index (χ4n) is 1.37. The number of nitrogens with zero attached hydrogens (tertiary/aromatic N) is 2. The number of anilines is 1. The lowest BCUT2D eigenvalue weighted by Crippen LogP contribution is -2.35. The van der Waals surface area contributed by atoms with E-state index in [1.165, 1.54) is 11.3 Å². The molecule has 0 aliphatic carbocycles. The van der Waals surface area contributed by atoms with Crippen molar-refractivity contribution in [2.45, 2.75) is 6.54 Å². The third-order valence-electron chi connectivity index (χ3n) is 2.15. The molecule has 1 aliphatic heterocycles. The summed E-state index contributed by atoms with van der Waals surface area (Å²) in [5.74, 6) is 0. The molecule has 2 N–H and O–H groups in total. The average Bonchev–Trinajstić information content (AvgIpc) is 2.54. The molecule has 0 saturated carbocycles. The van der Waals surface area contributed by atoms with Crippen LogP contribution in [0.15, 0.2) is 5.51 Å².